The quantitative estimate of drug-likeness (QED) is 0.277. The lowest BCUT2D eigenvalue weighted by atomic mass is 9.88. The molecule has 0 amide bonds. The van der Waals surface area contributed by atoms with Gasteiger partial charge in [-0.15, -0.1) is 35.7 Å². The third kappa shape index (κ3) is 6.28. The number of rotatable bonds is 6. The van der Waals surface area contributed by atoms with Gasteiger partial charge in [0.15, 0.2) is 5.96 Å². The summed E-state index contributed by atoms with van der Waals surface area (Å²) in [6.07, 6.45) is 4.20. The molecule has 0 radical (unpaired) electrons. The van der Waals surface area contributed by atoms with Gasteiger partial charge in [0, 0.05) is 43.8 Å². The lowest BCUT2D eigenvalue weighted by molar-refractivity contribution is -0.00501. The number of hydrogen-bond acceptors (Lipinski definition) is 4. The molecule has 0 aromatic heterocycles. The highest BCUT2D eigenvalue weighted by Gasteiger charge is 2.34. The molecule has 2 N–H and O–H groups in total. The summed E-state index contributed by atoms with van der Waals surface area (Å²) >= 11 is 1.79. The highest BCUT2D eigenvalue weighted by Crippen LogP contribution is 2.25. The molecule has 1 aromatic carbocycles. The lowest BCUT2D eigenvalue weighted by Gasteiger charge is -2.43. The molecule has 1 fully saturated rings. The second-order valence-corrected chi connectivity index (χ2v) is 7.67. The van der Waals surface area contributed by atoms with Crippen LogP contribution in [0.2, 0.25) is 0 Å². The third-order valence-corrected chi connectivity index (χ3v) is 5.89. The number of hydrogen-bond donors (Lipinski definition) is 2. The molecule has 0 atom stereocenters. The zero-order valence-corrected chi connectivity index (χ0v) is 19.7. The van der Waals surface area contributed by atoms with Crippen molar-refractivity contribution < 1.29 is 4.74 Å². The van der Waals surface area contributed by atoms with Crippen LogP contribution in [0.3, 0.4) is 0 Å². The molecular weight excluding hydrogens is 459 g/mol. The van der Waals surface area contributed by atoms with Gasteiger partial charge in [0.2, 0.25) is 0 Å². The molecule has 0 bridgehead atoms. The monoisotopic (exact) mass is 492 g/mol. The molecule has 0 unspecified atom stereocenters. The van der Waals surface area contributed by atoms with Gasteiger partial charge in [-0.05, 0) is 57.3 Å². The Morgan fingerprint density at radius 2 is 1.96 bits per heavy atom. The number of aryl methyl sites for hydroxylation is 1. The van der Waals surface area contributed by atoms with Crippen LogP contribution in [-0.4, -0.2) is 63.6 Å². The van der Waals surface area contributed by atoms with Crippen LogP contribution in [0.5, 0.6) is 0 Å². The Morgan fingerprint density at radius 1 is 1.27 bits per heavy atom. The van der Waals surface area contributed by atoms with Gasteiger partial charge in [0.05, 0.1) is 0 Å². The molecule has 2 rings (SSSR count). The summed E-state index contributed by atoms with van der Waals surface area (Å²) in [5.74, 6) is 0.848. The molecule has 0 saturated carbocycles. The Kier molecular flexibility index (Phi) is 10.3. The summed E-state index contributed by atoms with van der Waals surface area (Å²) in [4.78, 5) is 8.03. The van der Waals surface area contributed by atoms with E-state index in [4.69, 9.17) is 4.74 Å². The summed E-state index contributed by atoms with van der Waals surface area (Å²) in [6, 6.07) is 6.60. The van der Waals surface area contributed by atoms with Gasteiger partial charge >= 0.3 is 0 Å². The van der Waals surface area contributed by atoms with Gasteiger partial charge in [-0.3, -0.25) is 4.99 Å². The van der Waals surface area contributed by atoms with E-state index in [0.717, 1.165) is 45.1 Å². The highest BCUT2D eigenvalue weighted by atomic mass is 127. The lowest BCUT2D eigenvalue weighted by Crippen LogP contribution is -2.57. The summed E-state index contributed by atoms with van der Waals surface area (Å²) in [5.41, 5.74) is 2.72. The molecule has 1 aromatic rings. The predicted octanol–water partition coefficient (Wildman–Crippen LogP) is 3.11. The van der Waals surface area contributed by atoms with Crippen molar-refractivity contribution in [2.45, 2.75) is 36.7 Å². The minimum Gasteiger partial charge on any atom is -0.381 e. The topological polar surface area (TPSA) is 48.9 Å². The molecule has 0 aliphatic carbocycles. The largest absolute Gasteiger partial charge is 0.381 e. The first-order valence-electron chi connectivity index (χ1n) is 8.84. The molecule has 7 heteroatoms. The zero-order valence-electron chi connectivity index (χ0n) is 16.6. The average Bonchev–Trinajstić information content (AvgIpc) is 2.63. The molecule has 26 heavy (non-hydrogen) atoms. The second kappa shape index (κ2) is 11.4. The summed E-state index contributed by atoms with van der Waals surface area (Å²) in [5, 5.41) is 6.97. The molecule has 148 valence electrons. The molecular formula is C19H33IN4OS. The Labute approximate surface area is 179 Å². The van der Waals surface area contributed by atoms with Crippen LogP contribution in [0.15, 0.2) is 28.1 Å². The van der Waals surface area contributed by atoms with Crippen molar-refractivity contribution in [2.75, 3.05) is 47.2 Å². The van der Waals surface area contributed by atoms with Gasteiger partial charge < -0.3 is 20.3 Å². The number of nitrogens with zero attached hydrogens (tertiary/aromatic N) is 2. The second-order valence-electron chi connectivity index (χ2n) is 6.83. The number of halogens is 1. The van der Waals surface area contributed by atoms with Crippen molar-refractivity contribution in [3.63, 3.8) is 0 Å². The van der Waals surface area contributed by atoms with E-state index >= 15 is 0 Å². The number of ether oxygens (including phenoxy) is 1. The van der Waals surface area contributed by atoms with Crippen LogP contribution in [0.4, 0.5) is 0 Å². The summed E-state index contributed by atoms with van der Waals surface area (Å²) in [6.45, 7) is 5.42. The average molecular weight is 492 g/mol. The number of thioether (sulfide) groups is 1. The number of nitrogens with one attached hydrogen (secondary N) is 2. The highest BCUT2D eigenvalue weighted by molar-refractivity contribution is 14.0. The fourth-order valence-corrected chi connectivity index (χ4v) is 3.89. The summed E-state index contributed by atoms with van der Waals surface area (Å²) in [7, 11) is 6.13. The summed E-state index contributed by atoms with van der Waals surface area (Å²) < 4.78 is 5.55. The van der Waals surface area contributed by atoms with E-state index in [1.807, 2.05) is 7.05 Å². The van der Waals surface area contributed by atoms with Crippen molar-refractivity contribution in [2.24, 2.45) is 4.99 Å². The van der Waals surface area contributed by atoms with E-state index in [9.17, 15) is 0 Å². The van der Waals surface area contributed by atoms with Gasteiger partial charge in [-0.1, -0.05) is 12.1 Å². The van der Waals surface area contributed by atoms with Crippen LogP contribution in [-0.2, 0) is 11.3 Å². The smallest absolute Gasteiger partial charge is 0.191 e. The van der Waals surface area contributed by atoms with Crippen molar-refractivity contribution in [1.29, 1.82) is 0 Å². The number of guanidine groups is 1. The van der Waals surface area contributed by atoms with Gasteiger partial charge in [0.25, 0.3) is 0 Å². The first-order valence-corrected chi connectivity index (χ1v) is 10.1. The molecule has 0 spiro atoms. The van der Waals surface area contributed by atoms with Crippen molar-refractivity contribution in [3.8, 4) is 0 Å². The zero-order chi connectivity index (χ0) is 18.3. The number of aliphatic imine (C=N–C) groups is 1. The van der Waals surface area contributed by atoms with Crippen LogP contribution in [0, 0.1) is 6.92 Å². The van der Waals surface area contributed by atoms with Crippen LogP contribution in [0.1, 0.15) is 24.0 Å². The van der Waals surface area contributed by atoms with Gasteiger partial charge in [-0.25, -0.2) is 0 Å². The van der Waals surface area contributed by atoms with Gasteiger partial charge in [-0.2, -0.15) is 0 Å². The van der Waals surface area contributed by atoms with Crippen molar-refractivity contribution in [1.82, 2.24) is 15.5 Å². The van der Waals surface area contributed by atoms with E-state index in [-0.39, 0.29) is 29.5 Å². The molecule has 1 aliphatic rings. The SMILES string of the molecule is CN=C(NCc1ccc(C)cc1SC)NCC1(N(C)C)CCOCC1.I. The Balaban J connectivity index is 0.00000338. The van der Waals surface area contributed by atoms with E-state index in [1.165, 1.54) is 16.0 Å². The first kappa shape index (κ1) is 23.5. The molecule has 1 saturated heterocycles. The molecule has 5 nitrogen and oxygen atoms in total. The predicted molar refractivity (Wildman–Crippen MR) is 123 cm³/mol. The van der Waals surface area contributed by atoms with Crippen LogP contribution >= 0.6 is 35.7 Å². The van der Waals surface area contributed by atoms with E-state index in [2.05, 4.69) is 66.0 Å². The first-order chi connectivity index (χ1) is 12.0. The normalized spacial score (nSPS) is 16.9. The Bertz CT molecular complexity index is 589. The molecule has 1 heterocycles. The maximum Gasteiger partial charge on any atom is 0.191 e. The maximum absolute atomic E-state index is 5.55. The van der Waals surface area contributed by atoms with E-state index < -0.39 is 0 Å². The van der Waals surface area contributed by atoms with E-state index in [0.29, 0.717) is 0 Å². The van der Waals surface area contributed by atoms with Crippen LogP contribution < -0.4 is 10.6 Å². The number of likely N-dealkylation sites (N-methyl/N-ethyl adjacent to an activating group) is 1. The van der Waals surface area contributed by atoms with Crippen LogP contribution in [0.25, 0.3) is 0 Å². The minimum absolute atomic E-state index is 0. The minimum atomic E-state index is 0. The maximum atomic E-state index is 5.55. The van der Waals surface area contributed by atoms with Crippen molar-refractivity contribution in [3.05, 3.63) is 29.3 Å². The Hall–Kier alpha value is -0.510. The standard InChI is InChI=1S/C19H32N4OS.HI/c1-15-6-7-16(17(12-15)25-5)13-21-18(20-2)22-14-19(23(3)4)8-10-24-11-9-19;/h6-7,12H,8-11,13-14H2,1-5H3,(H2,20,21,22);1H. The fraction of sp³-hybridized carbons (Fsp3) is 0.632. The Morgan fingerprint density at radius 3 is 2.54 bits per heavy atom. The van der Waals surface area contributed by atoms with Gasteiger partial charge in [0.1, 0.15) is 0 Å². The fourth-order valence-electron chi connectivity index (χ4n) is 3.18. The number of benzene rings is 1. The van der Waals surface area contributed by atoms with Crippen molar-refractivity contribution >= 4 is 41.7 Å². The molecule has 1 aliphatic heterocycles. The third-order valence-electron chi connectivity index (χ3n) is 5.07. The van der Waals surface area contributed by atoms with E-state index in [1.54, 1.807) is 11.8 Å².